The van der Waals surface area contributed by atoms with Crippen molar-refractivity contribution in [3.05, 3.63) is 80.7 Å². The minimum Gasteiger partial charge on any atom is -0.481 e. The smallest absolute Gasteiger partial charge is 0.417 e. The Labute approximate surface area is 181 Å². The Balaban J connectivity index is 2.18. The van der Waals surface area contributed by atoms with E-state index in [4.69, 9.17) is 16.3 Å². The maximum Gasteiger partial charge on any atom is 0.417 e. The Morgan fingerprint density at radius 1 is 1.19 bits per heavy atom. The largest absolute Gasteiger partial charge is 0.481 e. The van der Waals surface area contributed by atoms with Crippen molar-refractivity contribution in [1.29, 1.82) is 0 Å². The van der Waals surface area contributed by atoms with Crippen LogP contribution in [0.1, 0.15) is 16.7 Å². The van der Waals surface area contributed by atoms with Crippen LogP contribution in [-0.4, -0.2) is 29.4 Å². The van der Waals surface area contributed by atoms with Gasteiger partial charge in [-0.05, 0) is 30.2 Å². The molecule has 0 fully saturated rings. The Morgan fingerprint density at radius 3 is 2.61 bits per heavy atom. The number of aromatic nitrogens is 2. The molecule has 0 atom stereocenters. The molecule has 3 rings (SSSR count). The molecular formula is C22H19ClF3N3O2. The van der Waals surface area contributed by atoms with E-state index in [1.165, 1.54) is 24.5 Å². The maximum absolute atomic E-state index is 13.4. The SMILES string of the molecule is CN=CCOc1cn(Cc2ccccc2C)c(-c2cccc(C(F)(F)F)c2Cl)nc1=O. The molecule has 9 heteroatoms. The van der Waals surface area contributed by atoms with Crippen molar-refractivity contribution in [3.8, 4) is 17.1 Å². The molecule has 2 aromatic carbocycles. The molecule has 1 heterocycles. The highest BCUT2D eigenvalue weighted by molar-refractivity contribution is 6.34. The molecule has 0 unspecified atom stereocenters. The second kappa shape index (κ2) is 9.34. The normalized spacial score (nSPS) is 11.8. The summed E-state index contributed by atoms with van der Waals surface area (Å²) in [5.74, 6) is -0.0267. The van der Waals surface area contributed by atoms with Gasteiger partial charge >= 0.3 is 11.7 Å². The number of benzene rings is 2. The molecule has 1 aromatic heterocycles. The fourth-order valence-corrected chi connectivity index (χ4v) is 3.32. The van der Waals surface area contributed by atoms with E-state index in [1.54, 1.807) is 11.6 Å². The zero-order valence-corrected chi connectivity index (χ0v) is 17.5. The Kier molecular flexibility index (Phi) is 6.80. The minimum atomic E-state index is -4.64. The summed E-state index contributed by atoms with van der Waals surface area (Å²) in [7, 11) is 1.57. The molecule has 0 N–H and O–H groups in total. The average Bonchev–Trinajstić information content (AvgIpc) is 2.71. The molecule has 3 aromatic rings. The number of aliphatic imine (C=N–C) groups is 1. The summed E-state index contributed by atoms with van der Waals surface area (Å²) >= 11 is 6.10. The Bertz CT molecular complexity index is 1170. The topological polar surface area (TPSA) is 56.5 Å². The summed E-state index contributed by atoms with van der Waals surface area (Å²) in [6.45, 7) is 2.22. The van der Waals surface area contributed by atoms with Crippen LogP contribution in [0, 0.1) is 6.92 Å². The van der Waals surface area contributed by atoms with Gasteiger partial charge in [0, 0.05) is 25.4 Å². The summed E-state index contributed by atoms with van der Waals surface area (Å²) in [6.07, 6.45) is -1.74. The Morgan fingerprint density at radius 2 is 1.94 bits per heavy atom. The molecule has 0 radical (unpaired) electrons. The fraction of sp³-hybridized carbons (Fsp3) is 0.227. The molecule has 0 amide bonds. The zero-order chi connectivity index (χ0) is 22.6. The molecule has 0 saturated carbocycles. The summed E-state index contributed by atoms with van der Waals surface area (Å²) < 4.78 is 47.1. The second-order valence-corrected chi connectivity index (χ2v) is 7.08. The molecule has 31 heavy (non-hydrogen) atoms. The predicted molar refractivity (Wildman–Crippen MR) is 114 cm³/mol. The molecular weight excluding hydrogens is 431 g/mol. The molecule has 0 spiro atoms. The lowest BCUT2D eigenvalue weighted by atomic mass is 10.1. The standard InChI is InChI=1S/C22H19ClF3N3O2/c1-14-6-3-4-7-15(14)12-29-13-18(31-11-10-27-2)21(30)28-20(29)16-8-5-9-17(19(16)23)22(24,25)26/h3-10,13H,11-12H2,1-2H3. The van der Waals surface area contributed by atoms with E-state index in [0.29, 0.717) is 0 Å². The van der Waals surface area contributed by atoms with E-state index in [2.05, 4.69) is 9.98 Å². The van der Waals surface area contributed by atoms with Crippen molar-refractivity contribution in [2.24, 2.45) is 4.99 Å². The van der Waals surface area contributed by atoms with Crippen molar-refractivity contribution >= 4 is 17.8 Å². The molecule has 0 aliphatic rings. The molecule has 5 nitrogen and oxygen atoms in total. The first kappa shape index (κ1) is 22.6. The van der Waals surface area contributed by atoms with Gasteiger partial charge in [0.25, 0.3) is 0 Å². The number of halogens is 4. The van der Waals surface area contributed by atoms with E-state index in [-0.39, 0.29) is 30.3 Å². The molecule has 0 bridgehead atoms. The van der Waals surface area contributed by atoms with Gasteiger partial charge in [0.15, 0.2) is 0 Å². The van der Waals surface area contributed by atoms with E-state index < -0.39 is 22.3 Å². The molecule has 0 aliphatic heterocycles. The molecule has 0 saturated heterocycles. The van der Waals surface area contributed by atoms with Crippen LogP contribution in [0.5, 0.6) is 5.75 Å². The summed E-state index contributed by atoms with van der Waals surface area (Å²) in [5.41, 5.74) is 0.168. The van der Waals surface area contributed by atoms with E-state index in [1.807, 2.05) is 31.2 Å². The first-order chi connectivity index (χ1) is 14.7. The van der Waals surface area contributed by atoms with E-state index in [9.17, 15) is 18.0 Å². The van der Waals surface area contributed by atoms with Gasteiger partial charge in [-0.3, -0.25) is 9.79 Å². The number of ether oxygens (including phenoxy) is 1. The van der Waals surface area contributed by atoms with Gasteiger partial charge in [0.1, 0.15) is 12.4 Å². The van der Waals surface area contributed by atoms with Crippen molar-refractivity contribution in [2.75, 3.05) is 13.7 Å². The third-order valence-corrected chi connectivity index (χ3v) is 5.01. The van der Waals surface area contributed by atoms with E-state index in [0.717, 1.165) is 17.2 Å². The maximum atomic E-state index is 13.4. The summed E-state index contributed by atoms with van der Waals surface area (Å²) in [4.78, 5) is 20.3. The lowest BCUT2D eigenvalue weighted by Gasteiger charge is -2.18. The highest BCUT2D eigenvalue weighted by atomic mass is 35.5. The van der Waals surface area contributed by atoms with Gasteiger partial charge < -0.3 is 9.30 Å². The fourth-order valence-electron chi connectivity index (χ4n) is 3.00. The Hall–Kier alpha value is -3.13. The number of hydrogen-bond donors (Lipinski definition) is 0. The van der Waals surface area contributed by atoms with Crippen molar-refractivity contribution in [2.45, 2.75) is 19.6 Å². The van der Waals surface area contributed by atoms with Gasteiger partial charge in [-0.1, -0.05) is 41.9 Å². The number of hydrogen-bond acceptors (Lipinski definition) is 4. The van der Waals surface area contributed by atoms with Crippen LogP contribution in [0.15, 0.2) is 58.4 Å². The van der Waals surface area contributed by atoms with Crippen molar-refractivity contribution in [1.82, 2.24) is 9.55 Å². The van der Waals surface area contributed by atoms with Gasteiger partial charge in [0.05, 0.1) is 16.8 Å². The lowest BCUT2D eigenvalue weighted by Crippen LogP contribution is -2.20. The summed E-state index contributed by atoms with van der Waals surface area (Å²) in [6, 6.07) is 11.0. The minimum absolute atomic E-state index is 0.00356. The third kappa shape index (κ3) is 5.14. The first-order valence-electron chi connectivity index (χ1n) is 9.28. The van der Waals surface area contributed by atoms with Gasteiger partial charge in [-0.25, -0.2) is 0 Å². The number of alkyl halides is 3. The van der Waals surface area contributed by atoms with Crippen LogP contribution < -0.4 is 10.3 Å². The highest BCUT2D eigenvalue weighted by Gasteiger charge is 2.34. The highest BCUT2D eigenvalue weighted by Crippen LogP contribution is 2.39. The first-order valence-corrected chi connectivity index (χ1v) is 9.65. The van der Waals surface area contributed by atoms with Crippen LogP contribution in [0.4, 0.5) is 13.2 Å². The van der Waals surface area contributed by atoms with Crippen LogP contribution in [-0.2, 0) is 12.7 Å². The van der Waals surface area contributed by atoms with Crippen molar-refractivity contribution < 1.29 is 17.9 Å². The average molecular weight is 450 g/mol. The van der Waals surface area contributed by atoms with E-state index >= 15 is 0 Å². The van der Waals surface area contributed by atoms with Gasteiger partial charge in [-0.15, -0.1) is 0 Å². The number of aryl methyl sites for hydroxylation is 1. The van der Waals surface area contributed by atoms with Crippen LogP contribution in [0.25, 0.3) is 11.4 Å². The zero-order valence-electron chi connectivity index (χ0n) is 16.8. The molecule has 162 valence electrons. The summed E-state index contributed by atoms with van der Waals surface area (Å²) in [5, 5.41) is -0.521. The van der Waals surface area contributed by atoms with Crippen LogP contribution in [0.3, 0.4) is 0 Å². The number of rotatable bonds is 6. The monoisotopic (exact) mass is 449 g/mol. The van der Waals surface area contributed by atoms with Crippen molar-refractivity contribution in [3.63, 3.8) is 0 Å². The van der Waals surface area contributed by atoms with Crippen LogP contribution in [0.2, 0.25) is 5.02 Å². The molecule has 0 aliphatic carbocycles. The van der Waals surface area contributed by atoms with Crippen LogP contribution >= 0.6 is 11.6 Å². The quantitative estimate of drug-likeness (QED) is 0.496. The second-order valence-electron chi connectivity index (χ2n) is 6.70. The van der Waals surface area contributed by atoms with Gasteiger partial charge in [-0.2, -0.15) is 18.2 Å². The predicted octanol–water partition coefficient (Wildman–Crippen LogP) is 5.02. The lowest BCUT2D eigenvalue weighted by molar-refractivity contribution is -0.137. The third-order valence-electron chi connectivity index (χ3n) is 4.61. The number of nitrogens with zero attached hydrogens (tertiary/aromatic N) is 3. The van der Waals surface area contributed by atoms with Gasteiger partial charge in [0.2, 0.25) is 5.75 Å².